The second kappa shape index (κ2) is 11.8. The third kappa shape index (κ3) is 4.26. The maximum absolute atomic E-state index is 10.0. The van der Waals surface area contributed by atoms with Gasteiger partial charge in [-0.05, 0) is 83.1 Å². The summed E-state index contributed by atoms with van der Waals surface area (Å²) < 4.78 is 169. The lowest BCUT2D eigenvalue weighted by Crippen LogP contribution is -2.57. The van der Waals surface area contributed by atoms with Crippen molar-refractivity contribution < 1.29 is 35.8 Å². The molecule has 0 radical (unpaired) electrons. The zero-order valence-corrected chi connectivity index (χ0v) is 30.9. The Morgan fingerprint density at radius 2 is 1.03 bits per heavy atom. The van der Waals surface area contributed by atoms with Crippen LogP contribution in [0.1, 0.15) is 21.9 Å². The van der Waals surface area contributed by atoms with Gasteiger partial charge in [0.2, 0.25) is 0 Å². The standard InChI is InChI=1S/C54H31BN2O3/c1-6-21-43-35(13-1)36-14-2-7-22-44(36)56(43)33-27-28-46-40(31-33)37-15-3-8-23-45(37)57(46)47-24-12-18-39-38-17-11-16-34(53(38)60-54(39)47)32-29-50-52-51(30-32)59-49-26-10-5-20-42(49)55(52)41-19-4-9-25-48(41)58-50/h1-31H/i1D,2D,3D,6D,7D,8D,13D,14D,15D,21D,22D,23D,27D,28D,29D,31D. The normalized spacial score (nSPS) is 16.6. The number of fused-ring (bicyclic) bond motifs is 13. The molecule has 0 saturated carbocycles. The first kappa shape index (κ1) is 20.6. The Hall–Kier alpha value is -7.96. The maximum atomic E-state index is 10.0. The Balaban J connectivity index is 1.07. The number of benzene rings is 9. The lowest BCUT2D eigenvalue weighted by atomic mass is 9.35. The Bertz CT molecular complexity index is 4670. The average Bonchev–Trinajstić information content (AvgIpc) is 4.32. The summed E-state index contributed by atoms with van der Waals surface area (Å²) in [5, 5.41) is 0.000905. The van der Waals surface area contributed by atoms with Gasteiger partial charge in [-0.2, -0.15) is 0 Å². The van der Waals surface area contributed by atoms with Crippen LogP contribution in [0.5, 0.6) is 23.0 Å². The zero-order valence-electron chi connectivity index (χ0n) is 46.9. The van der Waals surface area contributed by atoms with Gasteiger partial charge < -0.3 is 23.0 Å². The molecule has 3 aromatic heterocycles. The van der Waals surface area contributed by atoms with Gasteiger partial charge in [-0.15, -0.1) is 0 Å². The Morgan fingerprint density at radius 3 is 1.75 bits per heavy atom. The molecule has 0 N–H and O–H groups in total. The summed E-state index contributed by atoms with van der Waals surface area (Å²) in [6.45, 7) is -0.276. The van der Waals surface area contributed by atoms with E-state index in [0.717, 1.165) is 15.5 Å². The molecule has 2 aliphatic heterocycles. The predicted octanol–water partition coefficient (Wildman–Crippen LogP) is 12.2. The van der Waals surface area contributed by atoms with Crippen LogP contribution in [-0.2, 0) is 0 Å². The van der Waals surface area contributed by atoms with E-state index in [4.69, 9.17) is 27.6 Å². The van der Waals surface area contributed by atoms with Crippen molar-refractivity contribution in [1.29, 1.82) is 0 Å². The van der Waals surface area contributed by atoms with E-state index in [1.54, 1.807) is 30.3 Å². The van der Waals surface area contributed by atoms with E-state index in [1.165, 1.54) is 4.57 Å². The first-order valence-corrected chi connectivity index (χ1v) is 19.2. The molecule has 0 saturated heterocycles. The minimum atomic E-state index is -0.734. The highest BCUT2D eigenvalue weighted by Gasteiger charge is 2.40. The molecule has 0 amide bonds. The van der Waals surface area contributed by atoms with Crippen LogP contribution in [0.3, 0.4) is 0 Å². The molecule has 14 rings (SSSR count). The molecule has 0 bridgehead atoms. The van der Waals surface area contributed by atoms with Crippen LogP contribution < -0.4 is 25.9 Å². The van der Waals surface area contributed by atoms with Gasteiger partial charge in [-0.1, -0.05) is 121 Å². The van der Waals surface area contributed by atoms with Crippen molar-refractivity contribution in [2.24, 2.45) is 0 Å². The second-order valence-corrected chi connectivity index (χ2v) is 14.7. The lowest BCUT2D eigenvalue weighted by Gasteiger charge is -2.33. The van der Waals surface area contributed by atoms with Crippen molar-refractivity contribution in [2.75, 3.05) is 0 Å². The third-order valence-corrected chi connectivity index (χ3v) is 11.6. The van der Waals surface area contributed by atoms with Crippen LogP contribution in [0.15, 0.2) is 192 Å². The van der Waals surface area contributed by atoms with Crippen molar-refractivity contribution in [3.63, 3.8) is 0 Å². The van der Waals surface area contributed by atoms with Crippen LogP contribution in [0.2, 0.25) is 0 Å². The fourth-order valence-electron chi connectivity index (χ4n) is 9.16. The molecule has 278 valence electrons. The van der Waals surface area contributed by atoms with E-state index in [0.29, 0.717) is 55.9 Å². The van der Waals surface area contributed by atoms with Gasteiger partial charge in [0, 0.05) is 49.0 Å². The molecule has 0 atom stereocenters. The summed E-state index contributed by atoms with van der Waals surface area (Å²) in [6, 6.07) is 17.8. The van der Waals surface area contributed by atoms with E-state index in [2.05, 4.69) is 0 Å². The number of rotatable bonds is 3. The zero-order chi connectivity index (χ0) is 53.0. The molecule has 0 spiro atoms. The van der Waals surface area contributed by atoms with Gasteiger partial charge >= 0.3 is 0 Å². The number of hydrogen-bond donors (Lipinski definition) is 0. The van der Waals surface area contributed by atoms with Gasteiger partial charge in [0.1, 0.15) is 28.6 Å². The SMILES string of the molecule is [2H]c1c(-c2cccc3c2oc2c(-n4c5c([2H])c([2H])c([2H])c([2H])c5c5c([2H])c(-n6c7c([2H])c([2H])c([2H])c([2H])c7c7c([2H])c([2H])c([2H])c([2H])c76)c([2H])c([2H])c54)cccc23)cc2c3c1Oc1ccccc1B3c1ccccc1O2. The molecular weight excluding hydrogens is 735 g/mol. The van der Waals surface area contributed by atoms with Gasteiger partial charge in [-0.3, -0.25) is 0 Å². The van der Waals surface area contributed by atoms with E-state index in [1.807, 2.05) is 60.7 Å². The minimum absolute atomic E-state index is 0.0720. The molecule has 12 aromatic rings. The number of furan rings is 1. The van der Waals surface area contributed by atoms with Crippen molar-refractivity contribution in [1.82, 2.24) is 9.13 Å². The Labute approximate surface area is 366 Å². The third-order valence-electron chi connectivity index (χ3n) is 11.6. The van der Waals surface area contributed by atoms with Crippen LogP contribution in [-0.4, -0.2) is 15.8 Å². The lowest BCUT2D eigenvalue weighted by molar-refractivity contribution is 0.465. The summed E-state index contributed by atoms with van der Waals surface area (Å²) in [5.41, 5.74) is 2.41. The summed E-state index contributed by atoms with van der Waals surface area (Å²) >= 11 is 0. The van der Waals surface area contributed by atoms with Crippen LogP contribution in [0, 0.1) is 0 Å². The molecule has 0 aliphatic carbocycles. The number of aromatic nitrogens is 2. The van der Waals surface area contributed by atoms with Gasteiger partial charge in [-0.25, -0.2) is 0 Å². The molecule has 0 unspecified atom stereocenters. The fraction of sp³-hybridized carbons (Fsp3) is 0. The summed E-state index contributed by atoms with van der Waals surface area (Å²) in [7, 11) is 0. The molecule has 9 aromatic carbocycles. The number of nitrogens with zero attached hydrogens (tertiary/aromatic N) is 2. The van der Waals surface area contributed by atoms with Crippen molar-refractivity contribution in [2.45, 2.75) is 0 Å². The molecule has 6 heteroatoms. The summed E-state index contributed by atoms with van der Waals surface area (Å²) in [6.07, 6.45) is 0. The quantitative estimate of drug-likeness (QED) is 0.168. The number of hydrogen-bond acceptors (Lipinski definition) is 3. The van der Waals surface area contributed by atoms with Crippen molar-refractivity contribution in [3.05, 3.63) is 188 Å². The molecule has 0 fully saturated rings. The fourth-order valence-corrected chi connectivity index (χ4v) is 9.16. The van der Waals surface area contributed by atoms with Crippen molar-refractivity contribution in [3.8, 4) is 45.5 Å². The van der Waals surface area contributed by atoms with Crippen LogP contribution in [0.25, 0.3) is 88.1 Å². The maximum Gasteiger partial charge on any atom is 0.260 e. The van der Waals surface area contributed by atoms with Gasteiger partial charge in [0.25, 0.3) is 6.71 Å². The van der Waals surface area contributed by atoms with Crippen LogP contribution >= 0.6 is 0 Å². The van der Waals surface area contributed by atoms with Gasteiger partial charge in [0.15, 0.2) is 5.58 Å². The van der Waals surface area contributed by atoms with E-state index < -0.39 is 107 Å². The smallest absolute Gasteiger partial charge is 0.260 e. The average molecular weight is 783 g/mol. The van der Waals surface area contributed by atoms with Gasteiger partial charge in [0.05, 0.1) is 49.7 Å². The molecular formula is C54H31BN2O3. The van der Waals surface area contributed by atoms with E-state index >= 15 is 0 Å². The molecule has 5 heterocycles. The predicted molar refractivity (Wildman–Crippen MR) is 246 cm³/mol. The first-order chi connectivity index (χ1) is 36.4. The van der Waals surface area contributed by atoms with E-state index in [-0.39, 0.29) is 56.6 Å². The van der Waals surface area contributed by atoms with Crippen LogP contribution in [0.4, 0.5) is 0 Å². The molecule has 5 nitrogen and oxygen atoms in total. The molecule has 2 aliphatic rings. The highest BCUT2D eigenvalue weighted by molar-refractivity contribution is 6.98. The Kier molecular flexibility index (Phi) is 4.06. The van der Waals surface area contributed by atoms with E-state index in [9.17, 15) is 8.22 Å². The highest BCUT2D eigenvalue weighted by Crippen LogP contribution is 2.44. The largest absolute Gasteiger partial charge is 0.458 e. The highest BCUT2D eigenvalue weighted by atomic mass is 16.5. The number of ether oxygens (including phenoxy) is 2. The monoisotopic (exact) mass is 782 g/mol. The summed E-state index contributed by atoms with van der Waals surface area (Å²) in [4.78, 5) is 0. The first-order valence-electron chi connectivity index (χ1n) is 27.2. The minimum Gasteiger partial charge on any atom is -0.458 e. The topological polar surface area (TPSA) is 41.5 Å². The second-order valence-electron chi connectivity index (χ2n) is 14.7. The Morgan fingerprint density at radius 1 is 0.450 bits per heavy atom. The molecule has 60 heavy (non-hydrogen) atoms. The summed E-state index contributed by atoms with van der Waals surface area (Å²) in [5.74, 6) is 2.08. The number of para-hydroxylation sites is 7. The van der Waals surface area contributed by atoms with Crippen molar-refractivity contribution >= 4 is 88.7 Å².